The smallest absolute Gasteiger partial charge is 0.550 e. The number of nitrogens with zero attached hydrogens (tertiary/aromatic N) is 1. The summed E-state index contributed by atoms with van der Waals surface area (Å²) in [6, 6.07) is 5.72. The van der Waals surface area contributed by atoms with Crippen molar-refractivity contribution in [1.82, 2.24) is 4.98 Å². The molecular formula is C7H8CuNO2. The summed E-state index contributed by atoms with van der Waals surface area (Å²) in [5.74, 6) is -1.08. The maximum Gasteiger partial charge on any atom is 1.00 e. The van der Waals surface area contributed by atoms with Crippen molar-refractivity contribution in [3.8, 4) is 0 Å². The number of aliphatic carboxylic acids is 1. The molecule has 3 nitrogen and oxygen atoms in total. The Morgan fingerprint density at radius 3 is 1.73 bits per heavy atom. The van der Waals surface area contributed by atoms with E-state index in [1.54, 1.807) is 12.4 Å². The SMILES string of the molecule is CC(=O)[O-].[Cu+].c1ccncc1. The molecule has 4 heteroatoms. The molecule has 0 unspecified atom stereocenters. The molecule has 0 amide bonds. The van der Waals surface area contributed by atoms with Gasteiger partial charge in [0.2, 0.25) is 0 Å². The average molecular weight is 202 g/mol. The van der Waals surface area contributed by atoms with Crippen LogP contribution in [0, 0.1) is 0 Å². The first-order valence-corrected chi connectivity index (χ1v) is 2.76. The number of pyridine rings is 1. The van der Waals surface area contributed by atoms with E-state index in [0.717, 1.165) is 6.92 Å². The standard InChI is InChI=1S/C5H5N.C2H4O2.Cu/c1-2-4-6-5-3-1;1-2(3)4;/h1-5H;1H3,(H,3,4);/q;;+1/p-1. The van der Waals surface area contributed by atoms with Crippen LogP contribution in [0.4, 0.5) is 0 Å². The number of carbonyl (C=O) groups is 1. The van der Waals surface area contributed by atoms with Crippen LogP contribution in [-0.4, -0.2) is 11.0 Å². The average Bonchev–Trinajstić information content (AvgIpc) is 1.90. The summed E-state index contributed by atoms with van der Waals surface area (Å²) in [6.45, 7) is 0.972. The Morgan fingerprint density at radius 2 is 1.64 bits per heavy atom. The minimum Gasteiger partial charge on any atom is -0.550 e. The van der Waals surface area contributed by atoms with Gasteiger partial charge in [0.25, 0.3) is 0 Å². The van der Waals surface area contributed by atoms with Gasteiger partial charge in [-0.15, -0.1) is 0 Å². The number of carboxylic acids is 1. The summed E-state index contributed by atoms with van der Waals surface area (Å²) in [5, 5.41) is 8.89. The molecule has 0 bridgehead atoms. The van der Waals surface area contributed by atoms with Gasteiger partial charge in [0.05, 0.1) is 0 Å². The molecule has 0 spiro atoms. The number of aromatic nitrogens is 1. The van der Waals surface area contributed by atoms with Crippen molar-refractivity contribution in [2.75, 3.05) is 0 Å². The second kappa shape index (κ2) is 9.14. The predicted molar refractivity (Wildman–Crippen MR) is 34.9 cm³/mol. The Balaban J connectivity index is 0. The zero-order valence-electron chi connectivity index (χ0n) is 5.95. The van der Waals surface area contributed by atoms with Gasteiger partial charge in [0, 0.05) is 18.4 Å². The second-order valence-corrected chi connectivity index (χ2v) is 1.52. The van der Waals surface area contributed by atoms with Crippen LogP contribution < -0.4 is 5.11 Å². The summed E-state index contributed by atoms with van der Waals surface area (Å²) in [5.41, 5.74) is 0. The van der Waals surface area contributed by atoms with Crippen LogP contribution in [0.15, 0.2) is 30.6 Å². The number of hydrogen-bond acceptors (Lipinski definition) is 3. The topological polar surface area (TPSA) is 53.0 Å². The van der Waals surface area contributed by atoms with E-state index in [1.807, 2.05) is 18.2 Å². The molecule has 0 saturated carbocycles. The van der Waals surface area contributed by atoms with Crippen LogP contribution in [0.25, 0.3) is 0 Å². The minimum atomic E-state index is -1.08. The Bertz CT molecular complexity index is 148. The second-order valence-electron chi connectivity index (χ2n) is 1.52. The van der Waals surface area contributed by atoms with Crippen LogP contribution in [-0.2, 0) is 21.9 Å². The molecule has 1 aromatic heterocycles. The fourth-order valence-electron chi connectivity index (χ4n) is 0.313. The Kier molecular flexibility index (Phi) is 10.6. The molecule has 0 radical (unpaired) electrons. The van der Waals surface area contributed by atoms with Crippen LogP contribution in [0.3, 0.4) is 0 Å². The first-order chi connectivity index (χ1) is 4.73. The van der Waals surface area contributed by atoms with Gasteiger partial charge in [-0.05, 0) is 19.1 Å². The maximum atomic E-state index is 8.89. The van der Waals surface area contributed by atoms with Crippen LogP contribution in [0.5, 0.6) is 0 Å². The Morgan fingerprint density at radius 1 is 1.27 bits per heavy atom. The first kappa shape index (κ1) is 12.8. The molecule has 0 aromatic carbocycles. The largest absolute Gasteiger partial charge is 1.00 e. The van der Waals surface area contributed by atoms with E-state index in [2.05, 4.69) is 4.98 Å². The van der Waals surface area contributed by atoms with Crippen LogP contribution in [0.2, 0.25) is 0 Å². The van der Waals surface area contributed by atoms with Gasteiger partial charge in [0.15, 0.2) is 0 Å². The fraction of sp³-hybridized carbons (Fsp3) is 0.143. The van der Waals surface area contributed by atoms with Crippen molar-refractivity contribution < 1.29 is 27.0 Å². The van der Waals surface area contributed by atoms with E-state index < -0.39 is 5.97 Å². The van der Waals surface area contributed by atoms with Gasteiger partial charge in [-0.25, -0.2) is 0 Å². The molecule has 0 saturated heterocycles. The van der Waals surface area contributed by atoms with Crippen molar-refractivity contribution in [3.05, 3.63) is 30.6 Å². The van der Waals surface area contributed by atoms with E-state index in [9.17, 15) is 0 Å². The van der Waals surface area contributed by atoms with Gasteiger partial charge in [-0.2, -0.15) is 0 Å². The third-order valence-corrected chi connectivity index (χ3v) is 0.566. The number of hydrogen-bond donors (Lipinski definition) is 0. The fourth-order valence-corrected chi connectivity index (χ4v) is 0.313. The quantitative estimate of drug-likeness (QED) is 0.548. The Hall–Kier alpha value is -0.861. The van der Waals surface area contributed by atoms with Gasteiger partial charge < -0.3 is 9.90 Å². The summed E-state index contributed by atoms with van der Waals surface area (Å²) < 4.78 is 0. The zero-order chi connectivity index (χ0) is 7.82. The van der Waals surface area contributed by atoms with E-state index in [1.165, 1.54) is 0 Å². The molecule has 0 aliphatic heterocycles. The van der Waals surface area contributed by atoms with Gasteiger partial charge in [-0.1, -0.05) is 6.07 Å². The molecule has 1 aromatic rings. The molecule has 11 heavy (non-hydrogen) atoms. The normalized spacial score (nSPS) is 6.64. The van der Waals surface area contributed by atoms with Crippen molar-refractivity contribution >= 4 is 5.97 Å². The van der Waals surface area contributed by atoms with Crippen LogP contribution in [0.1, 0.15) is 6.92 Å². The molecule has 64 valence electrons. The summed E-state index contributed by atoms with van der Waals surface area (Å²) in [7, 11) is 0. The van der Waals surface area contributed by atoms with E-state index in [0.29, 0.717) is 0 Å². The zero-order valence-corrected chi connectivity index (χ0v) is 6.89. The van der Waals surface area contributed by atoms with E-state index in [4.69, 9.17) is 9.90 Å². The van der Waals surface area contributed by atoms with Crippen molar-refractivity contribution in [2.24, 2.45) is 0 Å². The van der Waals surface area contributed by atoms with E-state index in [-0.39, 0.29) is 17.1 Å². The Labute approximate surface area is 75.9 Å². The van der Waals surface area contributed by atoms with Gasteiger partial charge in [0.1, 0.15) is 0 Å². The van der Waals surface area contributed by atoms with Crippen molar-refractivity contribution in [1.29, 1.82) is 0 Å². The van der Waals surface area contributed by atoms with Gasteiger partial charge >= 0.3 is 17.1 Å². The van der Waals surface area contributed by atoms with Gasteiger partial charge in [-0.3, -0.25) is 4.98 Å². The third-order valence-electron chi connectivity index (χ3n) is 0.566. The summed E-state index contributed by atoms with van der Waals surface area (Å²) in [6.07, 6.45) is 3.50. The molecule has 0 aliphatic carbocycles. The number of carbonyl (C=O) groups excluding carboxylic acids is 1. The predicted octanol–water partition coefficient (Wildman–Crippen LogP) is -0.165. The molecule has 0 N–H and O–H groups in total. The van der Waals surface area contributed by atoms with Crippen molar-refractivity contribution in [2.45, 2.75) is 6.92 Å². The monoisotopic (exact) mass is 201 g/mol. The first-order valence-electron chi connectivity index (χ1n) is 2.76. The van der Waals surface area contributed by atoms with Crippen molar-refractivity contribution in [3.63, 3.8) is 0 Å². The van der Waals surface area contributed by atoms with Crippen LogP contribution >= 0.6 is 0 Å². The van der Waals surface area contributed by atoms with E-state index >= 15 is 0 Å². The number of rotatable bonds is 0. The molecular weight excluding hydrogens is 194 g/mol. The molecule has 0 aliphatic rings. The molecule has 1 rings (SSSR count). The third kappa shape index (κ3) is 17.6. The minimum absolute atomic E-state index is 0. The molecule has 0 atom stereocenters. The summed E-state index contributed by atoms with van der Waals surface area (Å²) >= 11 is 0. The molecule has 0 fully saturated rings. The maximum absolute atomic E-state index is 8.89. The molecule has 1 heterocycles. The summed E-state index contributed by atoms with van der Waals surface area (Å²) in [4.78, 5) is 12.7. The number of carboxylic acid groups (broad SMARTS) is 1.